The predicted octanol–water partition coefficient (Wildman–Crippen LogP) is 4.95. The number of hydrogen-bond acceptors (Lipinski definition) is 1. The van der Waals surface area contributed by atoms with Crippen molar-refractivity contribution < 1.29 is 23.1 Å². The first-order chi connectivity index (χ1) is 10.7. The average Bonchev–Trinajstić information content (AvgIpc) is 2.47. The van der Waals surface area contributed by atoms with Gasteiger partial charge in [0, 0.05) is 0 Å². The fourth-order valence-corrected chi connectivity index (χ4v) is 2.11. The topological polar surface area (TPSA) is 37.3 Å². The Morgan fingerprint density at radius 2 is 1.61 bits per heavy atom. The van der Waals surface area contributed by atoms with E-state index in [2.05, 4.69) is 0 Å². The lowest BCUT2D eigenvalue weighted by atomic mass is 9.98. The van der Waals surface area contributed by atoms with Gasteiger partial charge in [0.25, 0.3) is 0 Å². The SMILES string of the molecule is Cc1ccc(/C(=C/c2ccc(C(F)(F)F)cc2)C(=O)O)cc1C. The summed E-state index contributed by atoms with van der Waals surface area (Å²) < 4.78 is 37.6. The molecular formula is C18H15F3O2. The molecule has 0 aromatic heterocycles. The smallest absolute Gasteiger partial charge is 0.416 e. The summed E-state index contributed by atoms with van der Waals surface area (Å²) in [7, 11) is 0. The molecule has 2 nitrogen and oxygen atoms in total. The molecule has 0 fully saturated rings. The van der Waals surface area contributed by atoms with Crippen molar-refractivity contribution in [1.29, 1.82) is 0 Å². The standard InChI is InChI=1S/C18H15F3O2/c1-11-3-6-14(9-12(11)2)16(17(22)23)10-13-4-7-15(8-5-13)18(19,20)21/h3-10H,1-2H3,(H,22,23)/b16-10-. The van der Waals surface area contributed by atoms with E-state index in [0.717, 1.165) is 23.3 Å². The van der Waals surface area contributed by atoms with Crippen LogP contribution >= 0.6 is 0 Å². The van der Waals surface area contributed by atoms with E-state index in [1.807, 2.05) is 19.9 Å². The number of carbonyl (C=O) groups is 1. The van der Waals surface area contributed by atoms with Crippen LogP contribution < -0.4 is 0 Å². The zero-order chi connectivity index (χ0) is 17.2. The van der Waals surface area contributed by atoms with Crippen molar-refractivity contribution in [2.75, 3.05) is 0 Å². The quantitative estimate of drug-likeness (QED) is 0.642. The molecule has 0 saturated heterocycles. The van der Waals surface area contributed by atoms with E-state index in [9.17, 15) is 23.1 Å². The van der Waals surface area contributed by atoms with Crippen LogP contribution in [-0.4, -0.2) is 11.1 Å². The van der Waals surface area contributed by atoms with Gasteiger partial charge in [-0.15, -0.1) is 0 Å². The Kier molecular flexibility index (Phi) is 4.59. The maximum Gasteiger partial charge on any atom is 0.416 e. The van der Waals surface area contributed by atoms with Crippen LogP contribution in [0.2, 0.25) is 0 Å². The first-order valence-electron chi connectivity index (χ1n) is 6.88. The third-order valence-corrected chi connectivity index (χ3v) is 3.60. The Hall–Kier alpha value is -2.56. The fourth-order valence-electron chi connectivity index (χ4n) is 2.11. The third kappa shape index (κ3) is 4.00. The molecule has 1 N–H and O–H groups in total. The number of aryl methyl sites for hydroxylation is 2. The highest BCUT2D eigenvalue weighted by Gasteiger charge is 2.29. The molecule has 2 rings (SSSR count). The molecule has 0 spiro atoms. The van der Waals surface area contributed by atoms with Gasteiger partial charge in [-0.1, -0.05) is 30.3 Å². The van der Waals surface area contributed by atoms with Gasteiger partial charge in [0.15, 0.2) is 0 Å². The van der Waals surface area contributed by atoms with Gasteiger partial charge in [-0.2, -0.15) is 13.2 Å². The highest BCUT2D eigenvalue weighted by atomic mass is 19.4. The van der Waals surface area contributed by atoms with Crippen LogP contribution in [0.25, 0.3) is 11.6 Å². The van der Waals surface area contributed by atoms with Crippen LogP contribution in [0.1, 0.15) is 27.8 Å². The molecule has 0 atom stereocenters. The number of rotatable bonds is 3. The van der Waals surface area contributed by atoms with Crippen LogP contribution in [0.3, 0.4) is 0 Å². The summed E-state index contributed by atoms with van der Waals surface area (Å²) >= 11 is 0. The van der Waals surface area contributed by atoms with Crippen LogP contribution in [0.5, 0.6) is 0 Å². The van der Waals surface area contributed by atoms with E-state index in [0.29, 0.717) is 11.1 Å². The van der Waals surface area contributed by atoms with E-state index in [1.165, 1.54) is 18.2 Å². The molecule has 5 heteroatoms. The number of carboxylic acid groups (broad SMARTS) is 1. The Labute approximate surface area is 131 Å². The van der Waals surface area contributed by atoms with Crippen LogP contribution in [0.4, 0.5) is 13.2 Å². The van der Waals surface area contributed by atoms with Crippen molar-refractivity contribution in [2.45, 2.75) is 20.0 Å². The highest BCUT2D eigenvalue weighted by molar-refractivity contribution is 6.20. The second-order valence-corrected chi connectivity index (χ2v) is 5.28. The number of carboxylic acids is 1. The zero-order valence-corrected chi connectivity index (χ0v) is 12.6. The molecule has 0 aliphatic carbocycles. The molecule has 0 bridgehead atoms. The van der Waals surface area contributed by atoms with Gasteiger partial charge in [-0.05, 0) is 54.3 Å². The fraction of sp³-hybridized carbons (Fsp3) is 0.167. The lowest BCUT2D eigenvalue weighted by Gasteiger charge is -2.08. The highest BCUT2D eigenvalue weighted by Crippen LogP contribution is 2.30. The van der Waals surface area contributed by atoms with Crippen molar-refractivity contribution in [3.63, 3.8) is 0 Å². The number of benzene rings is 2. The van der Waals surface area contributed by atoms with Gasteiger partial charge in [-0.25, -0.2) is 4.79 Å². The maximum atomic E-state index is 12.5. The van der Waals surface area contributed by atoms with Crippen molar-refractivity contribution in [3.05, 3.63) is 70.3 Å². The van der Waals surface area contributed by atoms with Crippen molar-refractivity contribution in [3.8, 4) is 0 Å². The lowest BCUT2D eigenvalue weighted by molar-refractivity contribution is -0.137. The molecular weight excluding hydrogens is 305 g/mol. The van der Waals surface area contributed by atoms with Crippen molar-refractivity contribution in [1.82, 2.24) is 0 Å². The van der Waals surface area contributed by atoms with Gasteiger partial charge in [0.05, 0.1) is 11.1 Å². The summed E-state index contributed by atoms with van der Waals surface area (Å²) in [6.07, 6.45) is -3.04. The van der Waals surface area contributed by atoms with Gasteiger partial charge in [0.2, 0.25) is 0 Å². The summed E-state index contributed by atoms with van der Waals surface area (Å²) in [6, 6.07) is 9.64. The minimum atomic E-state index is -4.41. The Morgan fingerprint density at radius 1 is 1.00 bits per heavy atom. The number of hydrogen-bond donors (Lipinski definition) is 1. The average molecular weight is 320 g/mol. The molecule has 0 aliphatic rings. The molecule has 0 radical (unpaired) electrons. The van der Waals surface area contributed by atoms with E-state index in [-0.39, 0.29) is 5.57 Å². The Morgan fingerprint density at radius 3 is 2.09 bits per heavy atom. The molecule has 0 saturated carbocycles. The zero-order valence-electron chi connectivity index (χ0n) is 12.6. The van der Waals surface area contributed by atoms with E-state index in [1.54, 1.807) is 12.1 Å². The molecule has 23 heavy (non-hydrogen) atoms. The summed E-state index contributed by atoms with van der Waals surface area (Å²) in [6.45, 7) is 3.79. The van der Waals surface area contributed by atoms with E-state index >= 15 is 0 Å². The Bertz CT molecular complexity index is 757. The van der Waals surface area contributed by atoms with Crippen LogP contribution in [0.15, 0.2) is 42.5 Å². The molecule has 0 amide bonds. The van der Waals surface area contributed by atoms with E-state index in [4.69, 9.17) is 0 Å². The van der Waals surface area contributed by atoms with E-state index < -0.39 is 17.7 Å². The van der Waals surface area contributed by atoms with Gasteiger partial charge in [-0.3, -0.25) is 0 Å². The maximum absolute atomic E-state index is 12.5. The molecule has 2 aromatic carbocycles. The number of alkyl halides is 3. The largest absolute Gasteiger partial charge is 0.478 e. The predicted molar refractivity (Wildman–Crippen MR) is 82.9 cm³/mol. The van der Waals surface area contributed by atoms with Gasteiger partial charge in [0.1, 0.15) is 0 Å². The molecule has 120 valence electrons. The normalized spacial score (nSPS) is 12.3. The monoisotopic (exact) mass is 320 g/mol. The first-order valence-corrected chi connectivity index (χ1v) is 6.88. The summed E-state index contributed by atoms with van der Waals surface area (Å²) in [4.78, 5) is 11.5. The summed E-state index contributed by atoms with van der Waals surface area (Å²) in [5, 5.41) is 9.38. The van der Waals surface area contributed by atoms with Gasteiger partial charge < -0.3 is 5.11 Å². The Balaban J connectivity index is 2.43. The molecule has 0 aliphatic heterocycles. The summed E-state index contributed by atoms with van der Waals surface area (Å²) in [5.74, 6) is -1.13. The third-order valence-electron chi connectivity index (χ3n) is 3.60. The molecule has 0 unspecified atom stereocenters. The van der Waals surface area contributed by atoms with Crippen LogP contribution in [0, 0.1) is 13.8 Å². The van der Waals surface area contributed by atoms with Crippen molar-refractivity contribution >= 4 is 17.6 Å². The second kappa shape index (κ2) is 6.28. The lowest BCUT2D eigenvalue weighted by Crippen LogP contribution is -2.04. The molecule has 2 aromatic rings. The number of aliphatic carboxylic acids is 1. The summed E-state index contributed by atoms with van der Waals surface area (Å²) in [5.41, 5.74) is 2.16. The second-order valence-electron chi connectivity index (χ2n) is 5.28. The number of halogens is 3. The van der Waals surface area contributed by atoms with Crippen LogP contribution in [-0.2, 0) is 11.0 Å². The minimum Gasteiger partial charge on any atom is -0.478 e. The van der Waals surface area contributed by atoms with Gasteiger partial charge >= 0.3 is 12.1 Å². The van der Waals surface area contributed by atoms with Crippen molar-refractivity contribution in [2.24, 2.45) is 0 Å². The molecule has 0 heterocycles. The first kappa shape index (κ1) is 16.8. The minimum absolute atomic E-state index is 0.0351.